The molecule has 2 N–H and O–H groups in total. The largest absolute Gasteiger partial charge is 0.278 e. The zero-order valence-electron chi connectivity index (χ0n) is 12.3. The van der Waals surface area contributed by atoms with Crippen molar-refractivity contribution >= 4 is 55.7 Å². The lowest BCUT2D eigenvalue weighted by atomic mass is 10.2. The minimum Gasteiger partial charge on any atom is -0.278 e. The summed E-state index contributed by atoms with van der Waals surface area (Å²) < 4.78 is 2.10. The van der Waals surface area contributed by atoms with E-state index < -0.39 is 0 Å². The van der Waals surface area contributed by atoms with Gasteiger partial charge in [0.05, 0.1) is 23.8 Å². The van der Waals surface area contributed by atoms with Gasteiger partial charge in [-0.1, -0.05) is 31.9 Å². The molecule has 0 saturated carbocycles. The van der Waals surface area contributed by atoms with Gasteiger partial charge in [0.1, 0.15) is 0 Å². The monoisotopic (exact) mass is 422 g/mol. The van der Waals surface area contributed by atoms with Crippen LogP contribution in [0.25, 0.3) is 0 Å². The SMILES string of the molecule is Cc1cc(Br)ccc1N/N=C/C=N/Nc1ccc(Br)cc1C. The van der Waals surface area contributed by atoms with Crippen molar-refractivity contribution in [2.45, 2.75) is 13.8 Å². The average molecular weight is 424 g/mol. The highest BCUT2D eigenvalue weighted by Crippen LogP contribution is 2.20. The maximum atomic E-state index is 4.11. The molecule has 0 unspecified atom stereocenters. The zero-order valence-corrected chi connectivity index (χ0v) is 15.4. The van der Waals surface area contributed by atoms with E-state index in [9.17, 15) is 0 Å². The highest BCUT2D eigenvalue weighted by Gasteiger charge is 1.97. The lowest BCUT2D eigenvalue weighted by Gasteiger charge is -2.05. The average Bonchev–Trinajstić information content (AvgIpc) is 2.46. The predicted octanol–water partition coefficient (Wildman–Crippen LogP) is 5.32. The smallest absolute Gasteiger partial charge is 0.0673 e. The quantitative estimate of drug-likeness (QED) is 0.504. The first kappa shape index (κ1) is 16.7. The molecule has 0 aromatic heterocycles. The fourth-order valence-corrected chi connectivity index (χ4v) is 2.74. The van der Waals surface area contributed by atoms with Crippen LogP contribution in [0, 0.1) is 13.8 Å². The van der Waals surface area contributed by atoms with Crippen molar-refractivity contribution in [1.29, 1.82) is 0 Å². The molecule has 0 amide bonds. The summed E-state index contributed by atoms with van der Waals surface area (Å²) >= 11 is 6.86. The van der Waals surface area contributed by atoms with Gasteiger partial charge in [0.25, 0.3) is 0 Å². The Morgan fingerprint density at radius 3 is 1.55 bits per heavy atom. The number of nitrogens with zero attached hydrogens (tertiary/aromatic N) is 2. The van der Waals surface area contributed by atoms with Crippen molar-refractivity contribution in [2.75, 3.05) is 10.9 Å². The Labute approximate surface area is 147 Å². The second-order valence-corrected chi connectivity index (χ2v) is 6.53. The van der Waals surface area contributed by atoms with E-state index >= 15 is 0 Å². The van der Waals surface area contributed by atoms with Gasteiger partial charge in [0, 0.05) is 8.95 Å². The van der Waals surface area contributed by atoms with Crippen LogP contribution in [0.3, 0.4) is 0 Å². The lowest BCUT2D eigenvalue weighted by molar-refractivity contribution is 1.30. The van der Waals surface area contributed by atoms with Crippen molar-refractivity contribution in [1.82, 2.24) is 0 Å². The Morgan fingerprint density at radius 2 is 1.18 bits per heavy atom. The van der Waals surface area contributed by atoms with E-state index in [2.05, 4.69) is 52.9 Å². The van der Waals surface area contributed by atoms with E-state index in [1.807, 2.05) is 50.2 Å². The van der Waals surface area contributed by atoms with Crippen LogP contribution in [-0.2, 0) is 0 Å². The van der Waals surface area contributed by atoms with Crippen molar-refractivity contribution in [3.8, 4) is 0 Å². The maximum Gasteiger partial charge on any atom is 0.0673 e. The number of hydrogen-bond acceptors (Lipinski definition) is 4. The molecule has 2 aromatic carbocycles. The maximum absolute atomic E-state index is 4.11. The van der Waals surface area contributed by atoms with Gasteiger partial charge in [0.2, 0.25) is 0 Å². The molecule has 0 atom stereocenters. The third kappa shape index (κ3) is 4.96. The molecule has 2 rings (SSSR count). The number of halogens is 2. The molecular weight excluding hydrogens is 408 g/mol. The highest BCUT2D eigenvalue weighted by atomic mass is 79.9. The van der Waals surface area contributed by atoms with Crippen LogP contribution in [0.5, 0.6) is 0 Å². The van der Waals surface area contributed by atoms with E-state index in [1.54, 1.807) is 12.4 Å². The molecular formula is C16H16Br2N4. The molecule has 0 heterocycles. The molecule has 114 valence electrons. The minimum atomic E-state index is 0.963. The molecule has 0 aliphatic carbocycles. The molecule has 4 nitrogen and oxygen atoms in total. The normalized spacial score (nSPS) is 11.3. The van der Waals surface area contributed by atoms with Crippen LogP contribution in [0.15, 0.2) is 55.5 Å². The van der Waals surface area contributed by atoms with E-state index in [0.717, 1.165) is 31.4 Å². The molecule has 6 heteroatoms. The van der Waals surface area contributed by atoms with Crippen molar-refractivity contribution < 1.29 is 0 Å². The number of aryl methyl sites for hydroxylation is 2. The third-order valence-corrected chi connectivity index (χ3v) is 3.95. The Balaban J connectivity index is 1.87. The number of rotatable bonds is 5. The summed E-state index contributed by atoms with van der Waals surface area (Å²) in [6.07, 6.45) is 3.20. The van der Waals surface area contributed by atoms with Crippen LogP contribution in [0.2, 0.25) is 0 Å². The molecule has 0 fully saturated rings. The third-order valence-electron chi connectivity index (χ3n) is 2.96. The molecule has 0 bridgehead atoms. The van der Waals surface area contributed by atoms with Gasteiger partial charge in [-0.25, -0.2) is 0 Å². The molecule has 0 spiro atoms. The van der Waals surface area contributed by atoms with E-state index in [-0.39, 0.29) is 0 Å². The summed E-state index contributed by atoms with van der Waals surface area (Å²) in [6, 6.07) is 11.9. The molecule has 2 aromatic rings. The summed E-state index contributed by atoms with van der Waals surface area (Å²) in [4.78, 5) is 0. The Kier molecular flexibility index (Phi) is 6.15. The zero-order chi connectivity index (χ0) is 15.9. The van der Waals surface area contributed by atoms with Crippen molar-refractivity contribution in [2.24, 2.45) is 10.2 Å². The van der Waals surface area contributed by atoms with Crippen LogP contribution in [0.4, 0.5) is 11.4 Å². The second kappa shape index (κ2) is 8.10. The van der Waals surface area contributed by atoms with Gasteiger partial charge in [-0.05, 0) is 61.4 Å². The molecule has 0 aliphatic heterocycles. The van der Waals surface area contributed by atoms with Gasteiger partial charge in [-0.2, -0.15) is 10.2 Å². The molecule has 0 radical (unpaired) electrons. The van der Waals surface area contributed by atoms with Crippen LogP contribution in [-0.4, -0.2) is 12.4 Å². The molecule has 0 aliphatic rings. The number of hydrazone groups is 2. The first-order valence-corrected chi connectivity index (χ1v) is 8.24. The van der Waals surface area contributed by atoms with Crippen LogP contribution >= 0.6 is 31.9 Å². The van der Waals surface area contributed by atoms with Gasteiger partial charge in [-0.15, -0.1) is 0 Å². The topological polar surface area (TPSA) is 48.8 Å². The van der Waals surface area contributed by atoms with Gasteiger partial charge >= 0.3 is 0 Å². The van der Waals surface area contributed by atoms with Gasteiger partial charge < -0.3 is 0 Å². The Bertz CT molecular complexity index is 650. The predicted molar refractivity (Wildman–Crippen MR) is 102 cm³/mol. The fraction of sp³-hybridized carbons (Fsp3) is 0.125. The highest BCUT2D eigenvalue weighted by molar-refractivity contribution is 9.10. The summed E-state index contributed by atoms with van der Waals surface area (Å²) in [5.41, 5.74) is 10.1. The number of anilines is 2. The Morgan fingerprint density at radius 1 is 0.773 bits per heavy atom. The summed E-state index contributed by atoms with van der Waals surface area (Å²) in [6.45, 7) is 4.04. The minimum absolute atomic E-state index is 0.963. The number of hydrogen-bond donors (Lipinski definition) is 2. The fourth-order valence-electron chi connectivity index (χ4n) is 1.79. The lowest BCUT2D eigenvalue weighted by Crippen LogP contribution is -1.95. The first-order valence-electron chi connectivity index (χ1n) is 6.65. The first-order chi connectivity index (χ1) is 10.6. The molecule has 0 saturated heterocycles. The van der Waals surface area contributed by atoms with E-state index in [0.29, 0.717) is 0 Å². The van der Waals surface area contributed by atoms with E-state index in [4.69, 9.17) is 0 Å². The standard InChI is InChI=1S/C16H16Br2N4/c1-11-9-13(17)3-5-15(11)21-19-7-8-20-22-16-6-4-14(18)10-12(16)2/h3-10,21-22H,1-2H3/b19-7+,20-8+. The molecule has 22 heavy (non-hydrogen) atoms. The van der Waals surface area contributed by atoms with Gasteiger partial charge in [-0.3, -0.25) is 10.9 Å². The summed E-state index contributed by atoms with van der Waals surface area (Å²) in [5.74, 6) is 0. The van der Waals surface area contributed by atoms with Crippen LogP contribution in [0.1, 0.15) is 11.1 Å². The summed E-state index contributed by atoms with van der Waals surface area (Å²) in [5, 5.41) is 8.23. The number of benzene rings is 2. The Hall–Kier alpha value is -1.66. The van der Waals surface area contributed by atoms with Crippen LogP contribution < -0.4 is 10.9 Å². The van der Waals surface area contributed by atoms with Crippen molar-refractivity contribution in [3.05, 3.63) is 56.5 Å². The second-order valence-electron chi connectivity index (χ2n) is 4.70. The number of nitrogens with one attached hydrogen (secondary N) is 2. The summed E-state index contributed by atoms with van der Waals surface area (Å²) in [7, 11) is 0. The van der Waals surface area contributed by atoms with E-state index in [1.165, 1.54) is 0 Å². The van der Waals surface area contributed by atoms with Gasteiger partial charge in [0.15, 0.2) is 0 Å². The van der Waals surface area contributed by atoms with Crippen molar-refractivity contribution in [3.63, 3.8) is 0 Å².